The summed E-state index contributed by atoms with van der Waals surface area (Å²) in [6.07, 6.45) is 10.4. The third-order valence-electron chi connectivity index (χ3n) is 10.9. The lowest BCUT2D eigenvalue weighted by atomic mass is 9.71. The minimum absolute atomic E-state index is 0.0377. The summed E-state index contributed by atoms with van der Waals surface area (Å²) in [5, 5.41) is 2.70. The minimum atomic E-state index is -0.511. The monoisotopic (exact) mass is 626 g/mol. The molecule has 0 aromatic heterocycles. The van der Waals surface area contributed by atoms with E-state index in [9.17, 15) is 19.2 Å². The van der Waals surface area contributed by atoms with Gasteiger partial charge in [-0.3, -0.25) is 29.5 Å². The smallest absolute Gasteiger partial charge is 0.328 e. The Hall–Kier alpha value is -2.69. The first kappa shape index (κ1) is 31.3. The molecule has 4 aliphatic heterocycles. The lowest BCUT2D eigenvalue weighted by molar-refractivity contribution is -0.138. The maximum absolute atomic E-state index is 13.5. The van der Waals surface area contributed by atoms with Gasteiger partial charge in [0.05, 0.1) is 10.7 Å². The predicted octanol–water partition coefficient (Wildman–Crippen LogP) is 3.83. The van der Waals surface area contributed by atoms with Crippen LogP contribution in [0.5, 0.6) is 0 Å². The fourth-order valence-corrected chi connectivity index (χ4v) is 8.07. The molecule has 1 saturated carbocycles. The van der Waals surface area contributed by atoms with Gasteiger partial charge >= 0.3 is 6.03 Å². The molecule has 11 heteroatoms. The molecular formula is C33H47ClN6O4. The number of nitrogens with one attached hydrogen (secondary N) is 1. The Morgan fingerprint density at radius 2 is 1.43 bits per heavy atom. The largest absolute Gasteiger partial charge is 0.340 e. The third kappa shape index (κ3) is 7.07. The second-order valence-electron chi connectivity index (χ2n) is 13.6. The Morgan fingerprint density at radius 3 is 2.09 bits per heavy atom. The number of piperazine rings is 1. The number of halogens is 1. The van der Waals surface area contributed by atoms with Gasteiger partial charge in [-0.15, -0.1) is 0 Å². The van der Waals surface area contributed by atoms with Gasteiger partial charge in [-0.25, -0.2) is 4.79 Å². The van der Waals surface area contributed by atoms with Gasteiger partial charge in [-0.2, -0.15) is 0 Å². The van der Waals surface area contributed by atoms with Crippen molar-refractivity contribution in [3.8, 4) is 0 Å². The van der Waals surface area contributed by atoms with E-state index >= 15 is 0 Å². The third-order valence-corrected chi connectivity index (χ3v) is 11.3. The van der Waals surface area contributed by atoms with Gasteiger partial charge in [0.15, 0.2) is 0 Å². The Morgan fingerprint density at radius 1 is 0.795 bits per heavy atom. The number of anilines is 1. The fourth-order valence-electron chi connectivity index (χ4n) is 7.85. The van der Waals surface area contributed by atoms with E-state index in [-0.39, 0.29) is 30.7 Å². The summed E-state index contributed by atoms with van der Waals surface area (Å²) < 4.78 is 0. The van der Waals surface area contributed by atoms with Gasteiger partial charge in [0.2, 0.25) is 11.8 Å². The molecule has 4 saturated heterocycles. The molecule has 1 aliphatic carbocycles. The van der Waals surface area contributed by atoms with Crippen molar-refractivity contribution < 1.29 is 19.2 Å². The number of carbonyl (C=O) groups is 4. The highest BCUT2D eigenvalue weighted by atomic mass is 35.5. The summed E-state index contributed by atoms with van der Waals surface area (Å²) in [4.78, 5) is 60.9. The molecule has 6 rings (SSSR count). The van der Waals surface area contributed by atoms with E-state index in [1.165, 1.54) is 37.0 Å². The van der Waals surface area contributed by atoms with Gasteiger partial charge in [-0.1, -0.05) is 30.9 Å². The summed E-state index contributed by atoms with van der Waals surface area (Å²) in [6.45, 7) is 9.80. The molecule has 0 radical (unpaired) electrons. The van der Waals surface area contributed by atoms with Gasteiger partial charge in [-0.05, 0) is 75.2 Å². The Balaban J connectivity index is 0.927. The predicted molar refractivity (Wildman–Crippen MR) is 170 cm³/mol. The van der Waals surface area contributed by atoms with Crippen LogP contribution >= 0.6 is 11.6 Å². The normalized spacial score (nSPS) is 24.1. The molecule has 4 heterocycles. The summed E-state index contributed by atoms with van der Waals surface area (Å²) in [6, 6.07) is 4.55. The molecule has 1 aromatic rings. The molecule has 5 fully saturated rings. The topological polar surface area (TPSA) is 96.5 Å². The summed E-state index contributed by atoms with van der Waals surface area (Å²) in [5.74, 6) is 0.333. The van der Waals surface area contributed by atoms with Crippen molar-refractivity contribution in [1.29, 1.82) is 0 Å². The number of nitrogens with zero attached hydrogens (tertiary/aromatic N) is 5. The van der Waals surface area contributed by atoms with E-state index in [4.69, 9.17) is 11.6 Å². The van der Waals surface area contributed by atoms with Crippen LogP contribution in [0.15, 0.2) is 18.2 Å². The average molecular weight is 627 g/mol. The van der Waals surface area contributed by atoms with E-state index in [1.54, 1.807) is 18.2 Å². The van der Waals surface area contributed by atoms with Crippen LogP contribution < -0.4 is 10.2 Å². The van der Waals surface area contributed by atoms with E-state index in [2.05, 4.69) is 20.0 Å². The maximum atomic E-state index is 13.5. The van der Waals surface area contributed by atoms with Crippen molar-refractivity contribution in [2.45, 2.75) is 64.2 Å². The number of rotatable bonds is 6. The second-order valence-corrected chi connectivity index (χ2v) is 14.0. The van der Waals surface area contributed by atoms with Gasteiger partial charge < -0.3 is 14.7 Å². The van der Waals surface area contributed by atoms with Crippen molar-refractivity contribution in [2.24, 2.45) is 11.3 Å². The molecule has 0 unspecified atom stereocenters. The highest BCUT2D eigenvalue weighted by Gasteiger charge is 2.39. The Labute approximate surface area is 266 Å². The number of hydrogen-bond donors (Lipinski definition) is 1. The van der Waals surface area contributed by atoms with Crippen LogP contribution in [0.4, 0.5) is 10.5 Å². The highest BCUT2D eigenvalue weighted by molar-refractivity contribution is 6.34. The number of carbonyl (C=O) groups excluding carboxylic acids is 4. The number of benzene rings is 1. The van der Waals surface area contributed by atoms with Crippen molar-refractivity contribution in [2.75, 3.05) is 76.9 Å². The molecule has 44 heavy (non-hydrogen) atoms. The number of hydrogen-bond acceptors (Lipinski definition) is 6. The van der Waals surface area contributed by atoms with Crippen LogP contribution in [0.2, 0.25) is 5.02 Å². The average Bonchev–Trinajstić information content (AvgIpc) is 3.05. The van der Waals surface area contributed by atoms with Gasteiger partial charge in [0.1, 0.15) is 0 Å². The lowest BCUT2D eigenvalue weighted by Crippen LogP contribution is -2.52. The van der Waals surface area contributed by atoms with Crippen LogP contribution in [0.1, 0.15) is 74.6 Å². The fraction of sp³-hybridized carbons (Fsp3) is 0.697. The number of likely N-dealkylation sites (tertiary alicyclic amines) is 2. The van der Waals surface area contributed by atoms with Crippen LogP contribution in [-0.4, -0.2) is 115 Å². The Bertz CT molecular complexity index is 1230. The summed E-state index contributed by atoms with van der Waals surface area (Å²) in [7, 11) is 0. The van der Waals surface area contributed by atoms with Gasteiger partial charge in [0, 0.05) is 76.8 Å². The van der Waals surface area contributed by atoms with Crippen LogP contribution in [0, 0.1) is 11.3 Å². The van der Waals surface area contributed by atoms with Crippen molar-refractivity contribution >= 4 is 41.0 Å². The quantitative estimate of drug-likeness (QED) is 0.516. The molecule has 240 valence electrons. The lowest BCUT2D eigenvalue weighted by Gasteiger charge is -2.47. The number of piperidine rings is 2. The molecule has 1 spiro atoms. The highest BCUT2D eigenvalue weighted by Crippen LogP contribution is 2.41. The second kappa shape index (κ2) is 13.7. The number of amides is 5. The van der Waals surface area contributed by atoms with E-state index < -0.39 is 6.03 Å². The molecule has 5 aliphatic rings. The summed E-state index contributed by atoms with van der Waals surface area (Å²) >= 11 is 6.39. The molecule has 0 atom stereocenters. The zero-order valence-electron chi connectivity index (χ0n) is 25.9. The van der Waals surface area contributed by atoms with Crippen LogP contribution in [0.25, 0.3) is 0 Å². The molecule has 5 amide bonds. The molecular weight excluding hydrogens is 580 g/mol. The van der Waals surface area contributed by atoms with Crippen LogP contribution in [0.3, 0.4) is 0 Å². The standard InChI is InChI=1S/C33H47ClN6O4/c34-27-7-6-26(24-28(27)40-13-8-29(41)35-32(40)44)31(43)38-16-11-33(12-17-38)9-14-36(15-10-33)18-19-37-20-22-39(23-21-37)30(42)25-4-2-1-3-5-25/h6-7,24-25H,1-5,8-23H2,(H,35,41,44). The van der Waals surface area contributed by atoms with E-state index in [1.807, 2.05) is 4.90 Å². The van der Waals surface area contributed by atoms with Gasteiger partial charge in [0.25, 0.3) is 5.91 Å². The van der Waals surface area contributed by atoms with E-state index in [0.717, 1.165) is 91.1 Å². The molecule has 1 N–H and O–H groups in total. The van der Waals surface area contributed by atoms with Crippen molar-refractivity contribution in [3.05, 3.63) is 28.8 Å². The number of imide groups is 1. The number of urea groups is 1. The van der Waals surface area contributed by atoms with Crippen molar-refractivity contribution in [3.63, 3.8) is 0 Å². The Kier molecular flexibility index (Phi) is 9.78. The van der Waals surface area contributed by atoms with Crippen LogP contribution in [-0.2, 0) is 9.59 Å². The molecule has 0 bridgehead atoms. The first-order chi connectivity index (χ1) is 21.3. The zero-order chi connectivity index (χ0) is 30.7. The summed E-state index contributed by atoms with van der Waals surface area (Å²) in [5.41, 5.74) is 1.28. The maximum Gasteiger partial charge on any atom is 0.328 e. The van der Waals surface area contributed by atoms with Crippen molar-refractivity contribution in [1.82, 2.24) is 24.9 Å². The first-order valence-corrected chi connectivity index (χ1v) is 17.1. The van der Waals surface area contributed by atoms with E-state index in [0.29, 0.717) is 27.6 Å². The first-order valence-electron chi connectivity index (χ1n) is 16.7. The molecule has 1 aromatic carbocycles. The minimum Gasteiger partial charge on any atom is -0.340 e. The zero-order valence-corrected chi connectivity index (χ0v) is 26.7. The molecule has 10 nitrogen and oxygen atoms in total. The SMILES string of the molecule is O=C1CCN(c2cc(C(=O)N3CCC4(CCN(CCN5CCN(C(=O)C6CCCCC6)CC5)CC4)CC3)ccc2Cl)C(=O)N1.